The van der Waals surface area contributed by atoms with Crippen molar-refractivity contribution in [1.82, 2.24) is 10.4 Å². The third kappa shape index (κ3) is 4.49. The van der Waals surface area contributed by atoms with Crippen LogP contribution in [0.1, 0.15) is 5.56 Å². The monoisotopic (exact) mass is 314 g/mol. The highest BCUT2D eigenvalue weighted by atomic mass is 35.5. The van der Waals surface area contributed by atoms with Crippen LogP contribution in [-0.2, 0) is 4.79 Å². The second kappa shape index (κ2) is 7.09. The lowest BCUT2D eigenvalue weighted by atomic mass is 10.2. The third-order valence-corrected chi connectivity index (χ3v) is 3.82. The van der Waals surface area contributed by atoms with Crippen LogP contribution in [0, 0.1) is 0 Å². The van der Waals surface area contributed by atoms with Gasteiger partial charge < -0.3 is 4.90 Å². The molecule has 1 aliphatic rings. The van der Waals surface area contributed by atoms with Gasteiger partial charge in [0, 0.05) is 16.1 Å². The van der Waals surface area contributed by atoms with E-state index in [2.05, 4.69) is 12.5 Å². The average Bonchev–Trinajstić information content (AvgIpc) is 2.40. The summed E-state index contributed by atoms with van der Waals surface area (Å²) in [6, 6.07) is 5.19. The minimum Gasteiger partial charge on any atom is -0.335 e. The van der Waals surface area contributed by atoms with Gasteiger partial charge in [-0.05, 0) is 23.8 Å². The van der Waals surface area contributed by atoms with E-state index < -0.39 is 0 Å². The quantitative estimate of drug-likeness (QED) is 0.812. The summed E-state index contributed by atoms with van der Waals surface area (Å²) in [5.41, 5.74) is 3.64. The molecular weight excluding hydrogens is 297 g/mol. The molecule has 0 atom stereocenters. The van der Waals surface area contributed by atoms with Gasteiger partial charge in [-0.25, -0.2) is 5.01 Å². The van der Waals surface area contributed by atoms with Crippen LogP contribution in [0.5, 0.6) is 0 Å². The van der Waals surface area contributed by atoms with Crippen molar-refractivity contribution in [1.29, 1.82) is 0 Å². The Bertz CT molecular complexity index is 511. The second-order valence-electron chi connectivity index (χ2n) is 4.92. The zero-order chi connectivity index (χ0) is 14.5. The van der Waals surface area contributed by atoms with Crippen LogP contribution in [-0.4, -0.2) is 44.1 Å². The number of piperazine rings is 1. The number of hydrogen-bond donors (Lipinski definition) is 2. The molecule has 20 heavy (non-hydrogen) atoms. The maximum absolute atomic E-state index is 11.8. The van der Waals surface area contributed by atoms with E-state index >= 15 is 0 Å². The van der Waals surface area contributed by atoms with Crippen molar-refractivity contribution >= 4 is 35.2 Å². The lowest BCUT2D eigenvalue weighted by molar-refractivity contribution is -0.884. The first-order chi connectivity index (χ1) is 9.54. The lowest BCUT2D eigenvalue weighted by Crippen LogP contribution is -3.12. The first-order valence-corrected chi connectivity index (χ1v) is 7.30. The molecule has 0 spiro atoms. The van der Waals surface area contributed by atoms with Crippen LogP contribution in [0.4, 0.5) is 0 Å². The number of quaternary nitrogens is 1. The van der Waals surface area contributed by atoms with Gasteiger partial charge in [0.15, 0.2) is 0 Å². The number of rotatable bonds is 3. The summed E-state index contributed by atoms with van der Waals surface area (Å²) in [5.74, 6) is -0.143. The molecule has 1 amide bonds. The molecule has 1 aromatic rings. The lowest BCUT2D eigenvalue weighted by Gasteiger charge is -2.29. The summed E-state index contributed by atoms with van der Waals surface area (Å²) in [6.07, 6.45) is 3.18. The molecule has 2 rings (SSSR count). The van der Waals surface area contributed by atoms with Crippen molar-refractivity contribution < 1.29 is 9.69 Å². The van der Waals surface area contributed by atoms with E-state index in [9.17, 15) is 4.79 Å². The number of nitrogens with one attached hydrogen (secondary N) is 2. The molecule has 0 aromatic heterocycles. The first-order valence-electron chi connectivity index (χ1n) is 6.54. The SMILES string of the molecule is C[NH+]1CCN(NC(=O)/C=C/c2ccc(Cl)cc2Cl)CC1. The van der Waals surface area contributed by atoms with Crippen LogP contribution in [0.2, 0.25) is 10.0 Å². The smallest absolute Gasteiger partial charge is 0.258 e. The highest BCUT2D eigenvalue weighted by Gasteiger charge is 2.17. The fourth-order valence-corrected chi connectivity index (χ4v) is 2.47. The maximum Gasteiger partial charge on any atom is 0.258 e. The summed E-state index contributed by atoms with van der Waals surface area (Å²) < 4.78 is 0. The Labute approximate surface area is 128 Å². The molecule has 0 bridgehead atoms. The zero-order valence-corrected chi connectivity index (χ0v) is 12.8. The van der Waals surface area contributed by atoms with Gasteiger partial charge in [-0.1, -0.05) is 29.3 Å². The van der Waals surface area contributed by atoms with Crippen LogP contribution in [0.15, 0.2) is 24.3 Å². The molecule has 1 fully saturated rings. The Hall–Kier alpha value is -1.07. The normalized spacial score (nSPS) is 17.6. The molecule has 1 saturated heterocycles. The van der Waals surface area contributed by atoms with Gasteiger partial charge in [0.05, 0.1) is 33.2 Å². The van der Waals surface area contributed by atoms with Crippen molar-refractivity contribution in [3.63, 3.8) is 0 Å². The van der Waals surface area contributed by atoms with E-state index in [4.69, 9.17) is 23.2 Å². The average molecular weight is 315 g/mol. The van der Waals surface area contributed by atoms with Crippen molar-refractivity contribution in [2.45, 2.75) is 0 Å². The van der Waals surface area contributed by atoms with Crippen molar-refractivity contribution in [3.8, 4) is 0 Å². The highest BCUT2D eigenvalue weighted by Crippen LogP contribution is 2.21. The Morgan fingerprint density at radius 3 is 2.70 bits per heavy atom. The number of hydrazine groups is 1. The van der Waals surface area contributed by atoms with Gasteiger partial charge in [-0.15, -0.1) is 0 Å². The molecule has 6 heteroatoms. The first kappa shape index (κ1) is 15.3. The Morgan fingerprint density at radius 1 is 1.35 bits per heavy atom. The Morgan fingerprint density at radius 2 is 2.05 bits per heavy atom. The highest BCUT2D eigenvalue weighted by molar-refractivity contribution is 6.35. The predicted octanol–water partition coefficient (Wildman–Crippen LogP) is 0.868. The molecule has 1 aliphatic heterocycles. The Kier molecular flexibility index (Phi) is 5.43. The number of nitrogens with zero attached hydrogens (tertiary/aromatic N) is 1. The predicted molar refractivity (Wildman–Crippen MR) is 81.8 cm³/mol. The van der Waals surface area contributed by atoms with Gasteiger partial charge in [-0.3, -0.25) is 10.2 Å². The van der Waals surface area contributed by atoms with E-state index in [1.54, 1.807) is 24.3 Å². The van der Waals surface area contributed by atoms with Gasteiger partial charge in [-0.2, -0.15) is 0 Å². The summed E-state index contributed by atoms with van der Waals surface area (Å²) in [6.45, 7) is 3.81. The summed E-state index contributed by atoms with van der Waals surface area (Å²) in [4.78, 5) is 13.3. The number of carbonyl (C=O) groups is 1. The number of benzene rings is 1. The number of halogens is 2. The molecule has 0 unspecified atom stereocenters. The minimum absolute atomic E-state index is 0.143. The number of hydrogen-bond acceptors (Lipinski definition) is 2. The summed E-state index contributed by atoms with van der Waals surface area (Å²) in [7, 11) is 2.15. The van der Waals surface area contributed by atoms with E-state index in [-0.39, 0.29) is 5.91 Å². The minimum atomic E-state index is -0.143. The van der Waals surface area contributed by atoms with E-state index in [1.807, 2.05) is 5.01 Å². The van der Waals surface area contributed by atoms with Crippen LogP contribution < -0.4 is 10.3 Å². The fraction of sp³-hybridized carbons (Fsp3) is 0.357. The molecule has 0 radical (unpaired) electrons. The maximum atomic E-state index is 11.8. The molecule has 108 valence electrons. The second-order valence-corrected chi connectivity index (χ2v) is 5.76. The van der Waals surface area contributed by atoms with Crippen LogP contribution in [0.25, 0.3) is 6.08 Å². The molecule has 4 nitrogen and oxygen atoms in total. The number of carbonyl (C=O) groups excluding carboxylic acids is 1. The van der Waals surface area contributed by atoms with E-state index in [1.165, 1.54) is 11.0 Å². The summed E-state index contributed by atoms with van der Waals surface area (Å²) in [5, 5.41) is 3.06. The number of amides is 1. The zero-order valence-electron chi connectivity index (χ0n) is 11.3. The molecule has 1 heterocycles. The third-order valence-electron chi connectivity index (χ3n) is 3.26. The van der Waals surface area contributed by atoms with Gasteiger partial charge in [0.1, 0.15) is 0 Å². The fourth-order valence-electron chi connectivity index (χ4n) is 2.00. The standard InChI is InChI=1S/C14H17Cl2N3O/c1-18-6-8-19(9-7-18)17-14(20)5-3-11-2-4-12(15)10-13(11)16/h2-5,10H,6-9H2,1H3,(H,17,20)/p+1/b5-3+. The molecule has 0 aliphatic carbocycles. The topological polar surface area (TPSA) is 36.8 Å². The van der Waals surface area contributed by atoms with E-state index in [0.717, 1.165) is 31.7 Å². The Balaban J connectivity index is 1.89. The largest absolute Gasteiger partial charge is 0.335 e. The molecule has 1 aromatic carbocycles. The molecule has 0 saturated carbocycles. The van der Waals surface area contributed by atoms with Crippen LogP contribution >= 0.6 is 23.2 Å². The summed E-state index contributed by atoms with van der Waals surface area (Å²) >= 11 is 11.9. The van der Waals surface area contributed by atoms with Crippen molar-refractivity contribution in [3.05, 3.63) is 39.9 Å². The van der Waals surface area contributed by atoms with E-state index in [0.29, 0.717) is 10.0 Å². The van der Waals surface area contributed by atoms with Crippen molar-refractivity contribution in [2.75, 3.05) is 33.2 Å². The number of likely N-dealkylation sites (N-methyl/N-ethyl adjacent to an activating group) is 1. The van der Waals surface area contributed by atoms with Crippen molar-refractivity contribution in [2.24, 2.45) is 0 Å². The van der Waals surface area contributed by atoms with Crippen LogP contribution in [0.3, 0.4) is 0 Å². The van der Waals surface area contributed by atoms with Gasteiger partial charge >= 0.3 is 0 Å². The molecule has 2 N–H and O–H groups in total. The van der Waals surface area contributed by atoms with Gasteiger partial charge in [0.25, 0.3) is 5.91 Å². The van der Waals surface area contributed by atoms with Gasteiger partial charge in [0.2, 0.25) is 0 Å². The molecular formula is C14H18Cl2N3O+.